The van der Waals surface area contributed by atoms with E-state index in [1.807, 2.05) is 6.92 Å². The standard InChI is InChI=1S/C21H19ClN2O4/c1-13-11-15(22)8-9-18(13)28-14(2)20(25)23-16-5-3-6-17(12-16)24-21(26)19-7-4-10-27-19/h3-12,14H,1-2H3,(H,23,25)(H,24,26). The molecule has 0 spiro atoms. The Morgan fingerprint density at radius 3 is 2.46 bits per heavy atom. The van der Waals surface area contributed by atoms with Gasteiger partial charge in [-0.2, -0.15) is 0 Å². The minimum absolute atomic E-state index is 0.204. The lowest BCUT2D eigenvalue weighted by molar-refractivity contribution is -0.122. The van der Waals surface area contributed by atoms with Crippen LogP contribution in [-0.4, -0.2) is 17.9 Å². The first-order valence-electron chi connectivity index (χ1n) is 8.61. The monoisotopic (exact) mass is 398 g/mol. The van der Waals surface area contributed by atoms with Crippen LogP contribution >= 0.6 is 11.6 Å². The second-order valence-electron chi connectivity index (χ2n) is 6.17. The molecule has 0 radical (unpaired) electrons. The molecule has 1 unspecified atom stereocenters. The van der Waals surface area contributed by atoms with Gasteiger partial charge in [0.25, 0.3) is 11.8 Å². The Bertz CT molecular complexity index is 986. The highest BCUT2D eigenvalue weighted by Gasteiger charge is 2.16. The van der Waals surface area contributed by atoms with Crippen molar-refractivity contribution in [2.75, 3.05) is 10.6 Å². The third-order valence-electron chi connectivity index (χ3n) is 3.94. The molecule has 2 aromatic carbocycles. The number of benzene rings is 2. The number of furan rings is 1. The molecule has 6 nitrogen and oxygen atoms in total. The number of rotatable bonds is 6. The van der Waals surface area contributed by atoms with E-state index in [2.05, 4.69) is 10.6 Å². The average Bonchev–Trinajstić information content (AvgIpc) is 3.19. The van der Waals surface area contributed by atoms with E-state index in [0.29, 0.717) is 22.1 Å². The summed E-state index contributed by atoms with van der Waals surface area (Å²) in [5.41, 5.74) is 1.90. The number of hydrogen-bond donors (Lipinski definition) is 2. The number of halogens is 1. The Balaban J connectivity index is 1.62. The zero-order valence-electron chi connectivity index (χ0n) is 15.4. The van der Waals surface area contributed by atoms with E-state index < -0.39 is 6.10 Å². The van der Waals surface area contributed by atoms with Crippen LogP contribution in [0.25, 0.3) is 0 Å². The molecule has 1 heterocycles. The maximum absolute atomic E-state index is 12.5. The zero-order valence-corrected chi connectivity index (χ0v) is 16.1. The summed E-state index contributed by atoms with van der Waals surface area (Å²) in [5.74, 6) is 0.105. The van der Waals surface area contributed by atoms with Crippen LogP contribution in [0.4, 0.5) is 11.4 Å². The summed E-state index contributed by atoms with van der Waals surface area (Å²) in [6.07, 6.45) is 0.705. The van der Waals surface area contributed by atoms with E-state index >= 15 is 0 Å². The first-order valence-corrected chi connectivity index (χ1v) is 8.99. The Hall–Kier alpha value is -3.25. The fourth-order valence-corrected chi connectivity index (χ4v) is 2.73. The smallest absolute Gasteiger partial charge is 0.291 e. The molecule has 3 aromatic rings. The normalized spacial score (nSPS) is 11.5. The van der Waals surface area contributed by atoms with Crippen LogP contribution in [0.2, 0.25) is 5.02 Å². The van der Waals surface area contributed by atoms with Gasteiger partial charge in [-0.05, 0) is 67.9 Å². The molecular weight excluding hydrogens is 380 g/mol. The number of hydrogen-bond acceptors (Lipinski definition) is 4. The van der Waals surface area contributed by atoms with Crippen LogP contribution in [0.15, 0.2) is 65.3 Å². The Labute approximate surface area is 167 Å². The molecule has 0 saturated carbocycles. The highest BCUT2D eigenvalue weighted by molar-refractivity contribution is 6.30. The van der Waals surface area contributed by atoms with Gasteiger partial charge in [-0.1, -0.05) is 17.7 Å². The minimum atomic E-state index is -0.721. The molecule has 0 bridgehead atoms. The summed E-state index contributed by atoms with van der Waals surface area (Å²) in [5, 5.41) is 6.10. The van der Waals surface area contributed by atoms with Crippen molar-refractivity contribution in [2.45, 2.75) is 20.0 Å². The highest BCUT2D eigenvalue weighted by atomic mass is 35.5. The number of aryl methyl sites for hydroxylation is 1. The summed E-state index contributed by atoms with van der Waals surface area (Å²) in [6.45, 7) is 3.52. The molecule has 144 valence electrons. The van der Waals surface area contributed by atoms with Crippen molar-refractivity contribution in [3.05, 3.63) is 77.2 Å². The van der Waals surface area contributed by atoms with Gasteiger partial charge in [0.15, 0.2) is 11.9 Å². The lowest BCUT2D eigenvalue weighted by atomic mass is 10.2. The van der Waals surface area contributed by atoms with E-state index in [4.69, 9.17) is 20.8 Å². The summed E-state index contributed by atoms with van der Waals surface area (Å²) in [6, 6.07) is 15.2. The van der Waals surface area contributed by atoms with Gasteiger partial charge in [-0.3, -0.25) is 9.59 Å². The molecule has 2 N–H and O–H groups in total. The Kier molecular flexibility index (Phi) is 6.01. The number of anilines is 2. The van der Waals surface area contributed by atoms with Gasteiger partial charge in [0.1, 0.15) is 5.75 Å². The van der Waals surface area contributed by atoms with Gasteiger partial charge in [-0.15, -0.1) is 0 Å². The van der Waals surface area contributed by atoms with Crippen LogP contribution in [0.3, 0.4) is 0 Å². The van der Waals surface area contributed by atoms with Gasteiger partial charge in [0.2, 0.25) is 0 Å². The highest BCUT2D eigenvalue weighted by Crippen LogP contribution is 2.23. The second kappa shape index (κ2) is 8.63. The number of ether oxygens (including phenoxy) is 1. The van der Waals surface area contributed by atoms with Crippen molar-refractivity contribution in [3.63, 3.8) is 0 Å². The van der Waals surface area contributed by atoms with Crippen molar-refractivity contribution in [1.82, 2.24) is 0 Å². The quantitative estimate of drug-likeness (QED) is 0.618. The lowest BCUT2D eigenvalue weighted by Gasteiger charge is -2.16. The van der Waals surface area contributed by atoms with Crippen molar-refractivity contribution in [1.29, 1.82) is 0 Å². The average molecular weight is 399 g/mol. The molecule has 28 heavy (non-hydrogen) atoms. The Morgan fingerprint density at radius 1 is 1.04 bits per heavy atom. The molecule has 0 saturated heterocycles. The van der Waals surface area contributed by atoms with E-state index in [-0.39, 0.29) is 17.6 Å². The molecule has 1 atom stereocenters. The Morgan fingerprint density at radius 2 is 1.79 bits per heavy atom. The van der Waals surface area contributed by atoms with Gasteiger partial charge >= 0.3 is 0 Å². The van der Waals surface area contributed by atoms with Crippen LogP contribution in [0, 0.1) is 6.92 Å². The van der Waals surface area contributed by atoms with Crippen LogP contribution < -0.4 is 15.4 Å². The topological polar surface area (TPSA) is 80.6 Å². The van der Waals surface area contributed by atoms with Crippen LogP contribution in [0.5, 0.6) is 5.75 Å². The zero-order chi connectivity index (χ0) is 20.1. The molecule has 0 aliphatic heterocycles. The van der Waals surface area contributed by atoms with E-state index in [1.54, 1.807) is 61.5 Å². The molecular formula is C21H19ClN2O4. The lowest BCUT2D eigenvalue weighted by Crippen LogP contribution is -2.30. The van der Waals surface area contributed by atoms with Crippen molar-refractivity contribution >= 4 is 34.8 Å². The largest absolute Gasteiger partial charge is 0.481 e. The molecule has 0 aliphatic rings. The predicted octanol–water partition coefficient (Wildman–Crippen LogP) is 4.90. The predicted molar refractivity (Wildman–Crippen MR) is 108 cm³/mol. The summed E-state index contributed by atoms with van der Waals surface area (Å²) < 4.78 is 10.8. The fourth-order valence-electron chi connectivity index (χ4n) is 2.51. The summed E-state index contributed by atoms with van der Waals surface area (Å²) in [4.78, 5) is 24.5. The molecule has 0 aliphatic carbocycles. The van der Waals surface area contributed by atoms with E-state index in [1.165, 1.54) is 6.26 Å². The van der Waals surface area contributed by atoms with Crippen LogP contribution in [-0.2, 0) is 4.79 Å². The van der Waals surface area contributed by atoms with Crippen molar-refractivity contribution < 1.29 is 18.7 Å². The fraction of sp³-hybridized carbons (Fsp3) is 0.143. The van der Waals surface area contributed by atoms with Crippen LogP contribution in [0.1, 0.15) is 23.0 Å². The molecule has 3 rings (SSSR count). The number of amides is 2. The van der Waals surface area contributed by atoms with Gasteiger partial charge in [-0.25, -0.2) is 0 Å². The first-order chi connectivity index (χ1) is 13.4. The summed E-state index contributed by atoms with van der Waals surface area (Å²) in [7, 11) is 0. The van der Waals surface area contributed by atoms with E-state index in [9.17, 15) is 9.59 Å². The van der Waals surface area contributed by atoms with E-state index in [0.717, 1.165) is 5.56 Å². The number of carbonyl (C=O) groups excluding carboxylic acids is 2. The second-order valence-corrected chi connectivity index (χ2v) is 6.61. The van der Waals surface area contributed by atoms with Gasteiger partial charge in [0.05, 0.1) is 6.26 Å². The maximum atomic E-state index is 12.5. The molecule has 0 fully saturated rings. The first kappa shape index (κ1) is 19.5. The van der Waals surface area contributed by atoms with Gasteiger partial charge < -0.3 is 19.8 Å². The van der Waals surface area contributed by atoms with Gasteiger partial charge in [0, 0.05) is 16.4 Å². The number of carbonyl (C=O) groups is 2. The molecule has 2 amide bonds. The SMILES string of the molecule is Cc1cc(Cl)ccc1OC(C)C(=O)Nc1cccc(NC(=O)c2ccco2)c1. The van der Waals surface area contributed by atoms with Crippen molar-refractivity contribution in [2.24, 2.45) is 0 Å². The number of nitrogens with one attached hydrogen (secondary N) is 2. The third kappa shape index (κ3) is 4.92. The van der Waals surface area contributed by atoms with Crippen molar-refractivity contribution in [3.8, 4) is 5.75 Å². The maximum Gasteiger partial charge on any atom is 0.291 e. The third-order valence-corrected chi connectivity index (χ3v) is 4.18. The minimum Gasteiger partial charge on any atom is -0.481 e. The molecule has 7 heteroatoms. The summed E-state index contributed by atoms with van der Waals surface area (Å²) >= 11 is 5.94. The molecule has 1 aromatic heterocycles.